The van der Waals surface area contributed by atoms with Gasteiger partial charge in [-0.1, -0.05) is 30.3 Å². The average molecular weight is 836 g/mol. The minimum atomic E-state index is -2.62. The SMILES string of the molecule is [NH2+]=C1C=CC(CCOc2ccc(C3C=C(O)c4c(cc(OC5OC(C(=O)O)C6(O)C(C7=NC=NC7)C=CC5(O)C6O)c(OC5(c6cccc(O)c6)CCCC5)c4O)O3)cc2)=N1. The molecule has 0 aromatic heterocycles. The van der Waals surface area contributed by atoms with Gasteiger partial charge in [-0.3, -0.25) is 10.4 Å². The number of amidine groups is 1. The number of fused-ring (bicyclic) bond motifs is 3. The molecule has 316 valence electrons. The van der Waals surface area contributed by atoms with Crippen molar-refractivity contribution in [1.29, 1.82) is 0 Å². The van der Waals surface area contributed by atoms with Gasteiger partial charge >= 0.3 is 11.8 Å². The second-order valence-corrected chi connectivity index (χ2v) is 15.8. The van der Waals surface area contributed by atoms with E-state index in [9.17, 15) is 40.5 Å². The summed E-state index contributed by atoms with van der Waals surface area (Å²) in [6.07, 6.45) is 4.25. The summed E-state index contributed by atoms with van der Waals surface area (Å²) in [5.74, 6) is -3.61. The molecule has 7 atom stereocenters. The molecule has 7 unspecified atom stereocenters. The maximum Gasteiger partial charge on any atom is 0.336 e. The van der Waals surface area contributed by atoms with E-state index in [1.807, 2.05) is 6.08 Å². The third-order valence-electron chi connectivity index (χ3n) is 12.0. The van der Waals surface area contributed by atoms with E-state index in [4.69, 9.17) is 29.1 Å². The van der Waals surface area contributed by atoms with Crippen LogP contribution in [0.5, 0.6) is 34.5 Å². The largest absolute Gasteiger partial charge is 0.508 e. The van der Waals surface area contributed by atoms with E-state index >= 15 is 0 Å². The van der Waals surface area contributed by atoms with Gasteiger partial charge in [0.2, 0.25) is 12.0 Å². The summed E-state index contributed by atoms with van der Waals surface area (Å²) in [4.78, 5) is 25.2. The molecule has 2 fully saturated rings. The molecule has 3 aromatic carbocycles. The van der Waals surface area contributed by atoms with Crippen molar-refractivity contribution in [3.63, 3.8) is 0 Å². The Morgan fingerprint density at radius 1 is 1.02 bits per heavy atom. The van der Waals surface area contributed by atoms with Gasteiger partial charge in [-0.2, -0.15) is 0 Å². The first-order valence-electron chi connectivity index (χ1n) is 19.8. The Bertz CT molecular complexity index is 2470. The number of phenolic OH excluding ortho intramolecular Hbond substituents is 2. The van der Waals surface area contributed by atoms with Crippen LogP contribution in [0, 0.1) is 5.92 Å². The summed E-state index contributed by atoms with van der Waals surface area (Å²) in [7, 11) is 0. The molecule has 1 saturated heterocycles. The molecule has 17 nitrogen and oxygen atoms in total. The lowest BCUT2D eigenvalue weighted by molar-refractivity contribution is -0.337. The molecule has 61 heavy (non-hydrogen) atoms. The summed E-state index contributed by atoms with van der Waals surface area (Å²) in [5, 5.41) is 85.9. The fourth-order valence-electron chi connectivity index (χ4n) is 8.89. The Labute approximate surface area is 348 Å². The molecule has 0 spiro atoms. The molecule has 0 amide bonds. The smallest absolute Gasteiger partial charge is 0.336 e. The molecule has 4 heterocycles. The van der Waals surface area contributed by atoms with Gasteiger partial charge in [0.25, 0.3) is 0 Å². The number of carboxylic acids is 1. The number of nitrogens with two attached hydrogens (primary N) is 1. The van der Waals surface area contributed by atoms with Gasteiger partial charge in [0.15, 0.2) is 28.9 Å². The van der Waals surface area contributed by atoms with Crippen LogP contribution in [-0.2, 0) is 15.1 Å². The fourth-order valence-corrected chi connectivity index (χ4v) is 8.89. The molecule has 3 aromatic rings. The van der Waals surface area contributed by atoms with Crippen molar-refractivity contribution in [3.8, 4) is 34.5 Å². The van der Waals surface area contributed by atoms with Crippen LogP contribution in [0.25, 0.3) is 5.76 Å². The third kappa shape index (κ3) is 6.88. The zero-order valence-electron chi connectivity index (χ0n) is 32.5. The van der Waals surface area contributed by atoms with E-state index in [0.29, 0.717) is 48.6 Å². The van der Waals surface area contributed by atoms with Crippen molar-refractivity contribution >= 4 is 35.3 Å². The number of aliphatic carboxylic acids is 1. The lowest BCUT2D eigenvalue weighted by Gasteiger charge is -2.55. The van der Waals surface area contributed by atoms with Crippen LogP contribution in [0.1, 0.15) is 54.9 Å². The highest BCUT2D eigenvalue weighted by molar-refractivity contribution is 6.13. The molecule has 1 saturated carbocycles. The molecule has 17 heteroatoms. The normalized spacial score (nSPS) is 29.3. The highest BCUT2D eigenvalue weighted by Crippen LogP contribution is 2.56. The maximum absolute atomic E-state index is 12.8. The monoisotopic (exact) mass is 835 g/mol. The summed E-state index contributed by atoms with van der Waals surface area (Å²) in [5.41, 5.74) is -4.23. The number of aliphatic hydroxyl groups is 4. The van der Waals surface area contributed by atoms with Crippen LogP contribution < -0.4 is 24.4 Å². The Morgan fingerprint density at radius 3 is 2.49 bits per heavy atom. The van der Waals surface area contributed by atoms with E-state index in [1.54, 1.807) is 48.5 Å². The number of allylic oxidation sites excluding steroid dienone is 1. The zero-order chi connectivity index (χ0) is 42.7. The number of aromatic hydroxyl groups is 2. The molecule has 9 N–H and O–H groups in total. The summed E-state index contributed by atoms with van der Waals surface area (Å²) in [6.45, 7) is 0.377. The fraction of sp³-hybridized carbons (Fsp3) is 0.341. The molecular formula is C44H43N4O13+. The Hall–Kier alpha value is -6.53. The second-order valence-electron chi connectivity index (χ2n) is 15.8. The number of rotatable bonds is 12. The predicted molar refractivity (Wildman–Crippen MR) is 217 cm³/mol. The van der Waals surface area contributed by atoms with Gasteiger partial charge < -0.3 is 59.4 Å². The van der Waals surface area contributed by atoms with Crippen molar-refractivity contribution in [1.82, 2.24) is 0 Å². The van der Waals surface area contributed by atoms with Gasteiger partial charge in [-0.25, -0.2) is 9.79 Å². The van der Waals surface area contributed by atoms with Crippen LogP contribution in [0.2, 0.25) is 0 Å². The maximum atomic E-state index is 12.8. The molecule has 6 aliphatic rings. The molecular weight excluding hydrogens is 792 g/mol. The molecule has 4 aliphatic heterocycles. The van der Waals surface area contributed by atoms with Crippen molar-refractivity contribution in [3.05, 3.63) is 102 Å². The summed E-state index contributed by atoms with van der Waals surface area (Å²) in [6, 6.07) is 14.7. The van der Waals surface area contributed by atoms with Gasteiger partial charge in [0.1, 0.15) is 58.3 Å². The number of aliphatic hydroxyl groups excluding tert-OH is 2. The van der Waals surface area contributed by atoms with Crippen LogP contribution in [0.4, 0.5) is 0 Å². The predicted octanol–water partition coefficient (Wildman–Crippen LogP) is 2.60. The number of carbonyl (C=O) groups is 1. The van der Waals surface area contributed by atoms with Crippen LogP contribution in [0.3, 0.4) is 0 Å². The Morgan fingerprint density at radius 2 is 1.80 bits per heavy atom. The molecule has 2 bridgehead atoms. The van der Waals surface area contributed by atoms with Gasteiger partial charge in [-0.05, 0) is 78.2 Å². The highest BCUT2D eigenvalue weighted by Gasteiger charge is 2.70. The van der Waals surface area contributed by atoms with Gasteiger partial charge in [-0.15, -0.1) is 0 Å². The van der Waals surface area contributed by atoms with Crippen molar-refractivity contribution in [2.45, 2.75) is 73.5 Å². The number of carboxylic acid groups (broad SMARTS) is 1. The first kappa shape index (κ1) is 39.9. The van der Waals surface area contributed by atoms with Crippen LogP contribution in [0.15, 0.2) is 100.0 Å². The summed E-state index contributed by atoms with van der Waals surface area (Å²) < 4.78 is 31.1. The number of phenols is 2. The first-order valence-corrected chi connectivity index (χ1v) is 19.8. The average Bonchev–Trinajstić information content (AvgIpc) is 4.03. The third-order valence-corrected chi connectivity index (χ3v) is 12.0. The van der Waals surface area contributed by atoms with Crippen LogP contribution in [-0.4, -0.2) is 108 Å². The van der Waals surface area contributed by atoms with Gasteiger partial charge in [0, 0.05) is 24.6 Å². The lowest BCUT2D eigenvalue weighted by atomic mass is 9.64. The van der Waals surface area contributed by atoms with E-state index in [-0.39, 0.29) is 46.6 Å². The quantitative estimate of drug-likeness (QED) is 0.122. The standard InChI is InChI=1S/C44H42N4O13/c45-34-11-8-25(48-34)13-17-57-27-9-6-23(7-10-27)31-19-30(50)35-32(58-31)20-33(37(36(35)51)61-42(14-1-2-15-42)24-4-3-5-26(49)18-24)59-41-43(55)16-12-28(29-21-46-22-47-29)44(56,40(43)54)38(60-41)39(52)53/h3-12,16,18-20,22,28,31,38,40-41,45,49-51,54-56H,1-2,13-15,17,21H2,(H,52,53)/p+1. The number of nitrogens with zero attached hydrogens (tertiary/aromatic N) is 3. The molecule has 0 radical (unpaired) electrons. The van der Waals surface area contributed by atoms with E-state index < -0.39 is 59.0 Å². The minimum Gasteiger partial charge on any atom is -0.508 e. The van der Waals surface area contributed by atoms with Crippen molar-refractivity contribution in [2.75, 3.05) is 13.2 Å². The van der Waals surface area contributed by atoms with E-state index in [2.05, 4.69) is 15.0 Å². The number of benzene rings is 3. The lowest BCUT2D eigenvalue weighted by Crippen LogP contribution is -2.78. The topological polar surface area (TPSA) is 268 Å². The zero-order valence-corrected chi connectivity index (χ0v) is 32.5. The van der Waals surface area contributed by atoms with Crippen LogP contribution >= 0.6 is 0 Å². The number of hydrogen-bond donors (Lipinski definition) is 8. The summed E-state index contributed by atoms with van der Waals surface area (Å²) >= 11 is 0. The van der Waals surface area contributed by atoms with Crippen molar-refractivity contribution < 1.29 is 69.6 Å². The minimum absolute atomic E-state index is 0.0181. The first-order chi connectivity index (χ1) is 29.3. The number of aliphatic imine (C=N–C) groups is 3. The van der Waals surface area contributed by atoms with Gasteiger partial charge in [0.05, 0.1) is 24.8 Å². The number of ether oxygens (including phenoxy) is 5. The Balaban J connectivity index is 1.08. The second kappa shape index (κ2) is 15.2. The highest BCUT2D eigenvalue weighted by atomic mass is 16.7. The Kier molecular flexibility index (Phi) is 9.93. The number of hydrogen-bond acceptors (Lipinski definition) is 14. The van der Waals surface area contributed by atoms with E-state index in [1.165, 1.54) is 30.6 Å². The molecule has 9 rings (SSSR count). The molecule has 2 aliphatic carbocycles. The van der Waals surface area contributed by atoms with E-state index in [0.717, 1.165) is 24.6 Å². The van der Waals surface area contributed by atoms with Crippen molar-refractivity contribution in [2.24, 2.45) is 20.9 Å².